The Morgan fingerprint density at radius 2 is 2.00 bits per heavy atom. The van der Waals surface area contributed by atoms with Crippen molar-refractivity contribution in [2.24, 2.45) is 0 Å². The Balaban J connectivity index is 2.25. The van der Waals surface area contributed by atoms with Gasteiger partial charge in [0.15, 0.2) is 11.5 Å². The Labute approximate surface area is 123 Å². The van der Waals surface area contributed by atoms with Crippen LogP contribution in [0.15, 0.2) is 36.7 Å². The van der Waals surface area contributed by atoms with Crippen LogP contribution in [0.2, 0.25) is 0 Å². The van der Waals surface area contributed by atoms with Crippen molar-refractivity contribution >= 4 is 11.7 Å². The minimum absolute atomic E-state index is 0.112. The molecule has 2 rings (SSSR count). The SMILES string of the molecule is CCCN(Cc1ccccc1O)C(=O)c1nccnc1N. The molecule has 0 radical (unpaired) electrons. The van der Waals surface area contributed by atoms with Crippen LogP contribution in [0.25, 0.3) is 0 Å². The maximum Gasteiger partial charge on any atom is 0.276 e. The first-order valence-electron chi connectivity index (χ1n) is 6.76. The molecule has 0 aliphatic heterocycles. The number of anilines is 1. The molecule has 6 nitrogen and oxygen atoms in total. The topological polar surface area (TPSA) is 92.3 Å². The van der Waals surface area contributed by atoms with Gasteiger partial charge in [0.05, 0.1) is 0 Å². The van der Waals surface area contributed by atoms with Gasteiger partial charge in [0.2, 0.25) is 0 Å². The van der Waals surface area contributed by atoms with Crippen LogP contribution in [0.4, 0.5) is 5.82 Å². The van der Waals surface area contributed by atoms with Crippen molar-refractivity contribution in [1.29, 1.82) is 0 Å². The van der Waals surface area contributed by atoms with Crippen molar-refractivity contribution < 1.29 is 9.90 Å². The predicted molar refractivity (Wildman–Crippen MR) is 79.6 cm³/mol. The number of phenols is 1. The van der Waals surface area contributed by atoms with Crippen LogP contribution >= 0.6 is 0 Å². The largest absolute Gasteiger partial charge is 0.508 e. The lowest BCUT2D eigenvalue weighted by Gasteiger charge is -2.22. The zero-order valence-corrected chi connectivity index (χ0v) is 11.9. The van der Waals surface area contributed by atoms with E-state index in [1.165, 1.54) is 12.4 Å². The molecule has 3 N–H and O–H groups in total. The first-order valence-corrected chi connectivity index (χ1v) is 6.76. The average Bonchev–Trinajstić information content (AvgIpc) is 2.49. The number of benzene rings is 1. The van der Waals surface area contributed by atoms with Gasteiger partial charge in [-0.25, -0.2) is 9.97 Å². The molecular weight excluding hydrogens is 268 g/mol. The molecule has 0 spiro atoms. The van der Waals surface area contributed by atoms with Gasteiger partial charge in [-0.15, -0.1) is 0 Å². The second-order valence-electron chi connectivity index (χ2n) is 4.65. The highest BCUT2D eigenvalue weighted by Gasteiger charge is 2.20. The molecule has 0 bridgehead atoms. The number of carbonyl (C=O) groups excluding carboxylic acids is 1. The van der Waals surface area contributed by atoms with Gasteiger partial charge in [-0.3, -0.25) is 4.79 Å². The van der Waals surface area contributed by atoms with Gasteiger partial charge >= 0.3 is 0 Å². The monoisotopic (exact) mass is 286 g/mol. The number of nitrogens with two attached hydrogens (primary N) is 1. The van der Waals surface area contributed by atoms with Crippen LogP contribution in [0.5, 0.6) is 5.75 Å². The van der Waals surface area contributed by atoms with Gasteiger partial charge < -0.3 is 15.7 Å². The Bertz CT molecular complexity index is 631. The number of para-hydroxylation sites is 1. The van der Waals surface area contributed by atoms with Crippen LogP contribution in [0.3, 0.4) is 0 Å². The van der Waals surface area contributed by atoms with Gasteiger partial charge in [-0.05, 0) is 12.5 Å². The first-order chi connectivity index (χ1) is 10.1. The highest BCUT2D eigenvalue weighted by Crippen LogP contribution is 2.19. The Morgan fingerprint density at radius 1 is 1.29 bits per heavy atom. The summed E-state index contributed by atoms with van der Waals surface area (Å²) in [7, 11) is 0. The minimum atomic E-state index is -0.286. The molecule has 0 unspecified atom stereocenters. The maximum absolute atomic E-state index is 12.5. The van der Waals surface area contributed by atoms with E-state index in [1.54, 1.807) is 23.1 Å². The van der Waals surface area contributed by atoms with Gasteiger partial charge in [0, 0.05) is 31.0 Å². The van der Waals surface area contributed by atoms with Gasteiger partial charge in [0.25, 0.3) is 5.91 Å². The molecular formula is C15H18N4O2. The molecule has 1 heterocycles. The number of hydrogen-bond acceptors (Lipinski definition) is 5. The Hall–Kier alpha value is -2.63. The van der Waals surface area contributed by atoms with E-state index in [-0.39, 0.29) is 23.2 Å². The first kappa shape index (κ1) is 14.8. The number of nitrogens with zero attached hydrogens (tertiary/aromatic N) is 3. The van der Waals surface area contributed by atoms with Gasteiger partial charge in [-0.1, -0.05) is 25.1 Å². The average molecular weight is 286 g/mol. The zero-order chi connectivity index (χ0) is 15.2. The second kappa shape index (κ2) is 6.69. The molecule has 1 amide bonds. The number of rotatable bonds is 5. The second-order valence-corrected chi connectivity index (χ2v) is 4.65. The van der Waals surface area contributed by atoms with Gasteiger partial charge in [-0.2, -0.15) is 0 Å². The molecule has 0 atom stereocenters. The molecule has 0 saturated carbocycles. The Morgan fingerprint density at radius 3 is 2.67 bits per heavy atom. The smallest absolute Gasteiger partial charge is 0.276 e. The Kier molecular flexibility index (Phi) is 4.71. The summed E-state index contributed by atoms with van der Waals surface area (Å²) in [5, 5.41) is 9.84. The number of amides is 1. The number of aromatic hydroxyl groups is 1. The summed E-state index contributed by atoms with van der Waals surface area (Å²) in [6.07, 6.45) is 3.67. The van der Waals surface area contributed by atoms with E-state index < -0.39 is 0 Å². The number of nitrogen functional groups attached to an aromatic ring is 1. The molecule has 21 heavy (non-hydrogen) atoms. The lowest BCUT2D eigenvalue weighted by molar-refractivity contribution is 0.0737. The molecule has 0 fully saturated rings. The van der Waals surface area contributed by atoms with Crippen LogP contribution in [0, 0.1) is 0 Å². The zero-order valence-electron chi connectivity index (χ0n) is 11.9. The van der Waals surface area contributed by atoms with Crippen LogP contribution in [-0.2, 0) is 6.54 Å². The maximum atomic E-state index is 12.5. The number of carbonyl (C=O) groups is 1. The summed E-state index contributed by atoms with van der Waals surface area (Å²) in [5.41, 5.74) is 6.53. The fourth-order valence-electron chi connectivity index (χ4n) is 2.04. The van der Waals surface area contributed by atoms with E-state index in [0.717, 1.165) is 6.42 Å². The molecule has 0 saturated heterocycles. The lowest BCUT2D eigenvalue weighted by Crippen LogP contribution is -2.32. The molecule has 2 aromatic rings. The van der Waals surface area contributed by atoms with Crippen molar-refractivity contribution in [3.63, 3.8) is 0 Å². The summed E-state index contributed by atoms with van der Waals surface area (Å²) < 4.78 is 0. The van der Waals surface area contributed by atoms with E-state index in [2.05, 4.69) is 9.97 Å². The summed E-state index contributed by atoms with van der Waals surface area (Å²) in [4.78, 5) is 22.0. The van der Waals surface area contributed by atoms with Crippen molar-refractivity contribution in [2.75, 3.05) is 12.3 Å². The van der Waals surface area contributed by atoms with E-state index in [0.29, 0.717) is 18.7 Å². The fourth-order valence-corrected chi connectivity index (χ4v) is 2.04. The van der Waals surface area contributed by atoms with Gasteiger partial charge in [0.1, 0.15) is 5.75 Å². The molecule has 1 aromatic carbocycles. The number of hydrogen-bond donors (Lipinski definition) is 2. The van der Waals surface area contributed by atoms with E-state index in [4.69, 9.17) is 5.73 Å². The summed E-state index contributed by atoms with van der Waals surface area (Å²) in [6, 6.07) is 6.94. The fraction of sp³-hybridized carbons (Fsp3) is 0.267. The third kappa shape index (κ3) is 3.47. The van der Waals surface area contributed by atoms with E-state index in [1.807, 2.05) is 13.0 Å². The normalized spacial score (nSPS) is 10.3. The third-order valence-electron chi connectivity index (χ3n) is 3.06. The van der Waals surface area contributed by atoms with Crippen molar-refractivity contribution in [3.8, 4) is 5.75 Å². The third-order valence-corrected chi connectivity index (χ3v) is 3.06. The van der Waals surface area contributed by atoms with Crippen LogP contribution in [-0.4, -0.2) is 32.4 Å². The van der Waals surface area contributed by atoms with E-state index >= 15 is 0 Å². The van der Waals surface area contributed by atoms with Crippen LogP contribution < -0.4 is 5.73 Å². The van der Waals surface area contributed by atoms with Crippen molar-refractivity contribution in [1.82, 2.24) is 14.9 Å². The molecule has 1 aromatic heterocycles. The molecule has 110 valence electrons. The highest BCUT2D eigenvalue weighted by molar-refractivity contribution is 5.96. The summed E-state index contributed by atoms with van der Waals surface area (Å²) in [5.74, 6) is -0.00916. The minimum Gasteiger partial charge on any atom is -0.508 e. The lowest BCUT2D eigenvalue weighted by atomic mass is 10.1. The van der Waals surface area contributed by atoms with Crippen LogP contribution in [0.1, 0.15) is 29.4 Å². The quantitative estimate of drug-likeness (QED) is 0.874. The molecule has 6 heteroatoms. The standard InChI is InChI=1S/C15H18N4O2/c1-2-9-19(10-11-5-3-4-6-12(11)20)15(21)13-14(16)18-8-7-17-13/h3-8,20H,2,9-10H2,1H3,(H2,16,18). The summed E-state index contributed by atoms with van der Waals surface area (Å²) >= 11 is 0. The number of phenolic OH excluding ortho intramolecular Hbond substituents is 1. The van der Waals surface area contributed by atoms with Crippen molar-refractivity contribution in [3.05, 3.63) is 47.9 Å². The molecule has 0 aliphatic carbocycles. The van der Waals surface area contributed by atoms with Crippen molar-refractivity contribution in [2.45, 2.75) is 19.9 Å². The summed E-state index contributed by atoms with van der Waals surface area (Å²) in [6.45, 7) is 2.82. The number of aromatic nitrogens is 2. The molecule has 0 aliphatic rings. The predicted octanol–water partition coefficient (Wildman–Crippen LogP) is 1.82. The highest BCUT2D eigenvalue weighted by atomic mass is 16.3. The van der Waals surface area contributed by atoms with E-state index in [9.17, 15) is 9.90 Å².